The average Bonchev–Trinajstić information content (AvgIpc) is 2.74. The molecule has 1 aromatic rings. The van der Waals surface area contributed by atoms with E-state index in [1.165, 1.54) is 18.7 Å². The van der Waals surface area contributed by atoms with Gasteiger partial charge in [0.15, 0.2) is 5.78 Å². The Balaban J connectivity index is 1.81. The number of unbranched alkanes of at least 4 members (excludes halogenated alkanes) is 1. The SMILES string of the molecule is CC(C)C(O)(C(=O)CCCCC1CCN(c2ccc(C(=O)N(C)C)c(Cl)n2)CC1)C(F)(F)F. The number of halogens is 4. The van der Waals surface area contributed by atoms with Crippen LogP contribution in [0.25, 0.3) is 0 Å². The summed E-state index contributed by atoms with van der Waals surface area (Å²) >= 11 is 6.20. The van der Waals surface area contributed by atoms with Crippen molar-refractivity contribution in [3.05, 3.63) is 22.8 Å². The van der Waals surface area contributed by atoms with Crippen molar-refractivity contribution < 1.29 is 27.9 Å². The normalized spacial score (nSPS) is 17.2. The van der Waals surface area contributed by atoms with Gasteiger partial charge in [0.25, 0.3) is 5.91 Å². The summed E-state index contributed by atoms with van der Waals surface area (Å²) in [7, 11) is 3.29. The van der Waals surface area contributed by atoms with Gasteiger partial charge in [0.2, 0.25) is 5.60 Å². The number of Topliss-reactive ketones (excluding diaryl/α,β-unsaturated/α-hetero) is 1. The highest BCUT2D eigenvalue weighted by atomic mass is 35.5. The molecule has 1 atom stereocenters. The fraction of sp³-hybridized carbons (Fsp3) is 0.696. The van der Waals surface area contributed by atoms with Crippen LogP contribution in [0.5, 0.6) is 0 Å². The molecule has 6 nitrogen and oxygen atoms in total. The number of aromatic nitrogens is 1. The number of amides is 1. The Bertz CT molecular complexity index is 840. The smallest absolute Gasteiger partial charge is 0.374 e. The zero-order valence-corrected chi connectivity index (χ0v) is 20.3. The summed E-state index contributed by atoms with van der Waals surface area (Å²) in [6.07, 6.45) is -1.70. The Morgan fingerprint density at radius 2 is 1.82 bits per heavy atom. The minimum Gasteiger partial charge on any atom is -0.374 e. The van der Waals surface area contributed by atoms with E-state index in [1.807, 2.05) is 0 Å². The third-order valence-electron chi connectivity index (χ3n) is 6.37. The number of carbonyl (C=O) groups is 2. The molecule has 33 heavy (non-hydrogen) atoms. The summed E-state index contributed by atoms with van der Waals surface area (Å²) < 4.78 is 39.6. The average molecular weight is 492 g/mol. The molecule has 186 valence electrons. The lowest BCUT2D eigenvalue weighted by molar-refractivity contribution is -0.263. The Kier molecular flexibility index (Phi) is 9.16. The van der Waals surface area contributed by atoms with Crippen LogP contribution >= 0.6 is 11.6 Å². The van der Waals surface area contributed by atoms with Crippen molar-refractivity contribution in [3.8, 4) is 0 Å². The van der Waals surface area contributed by atoms with Gasteiger partial charge in [-0.15, -0.1) is 0 Å². The fourth-order valence-corrected chi connectivity index (χ4v) is 4.40. The molecule has 1 fully saturated rings. The minimum absolute atomic E-state index is 0.165. The monoisotopic (exact) mass is 491 g/mol. The van der Waals surface area contributed by atoms with E-state index in [4.69, 9.17) is 11.6 Å². The van der Waals surface area contributed by atoms with Crippen LogP contribution in [0.2, 0.25) is 5.15 Å². The Hall–Kier alpha value is -1.87. The van der Waals surface area contributed by atoms with Crippen molar-refractivity contribution in [2.24, 2.45) is 11.8 Å². The zero-order chi connectivity index (χ0) is 25.0. The molecule has 0 radical (unpaired) electrons. The summed E-state index contributed by atoms with van der Waals surface area (Å²) in [5.74, 6) is -1.48. The van der Waals surface area contributed by atoms with E-state index in [0.29, 0.717) is 30.1 Å². The topological polar surface area (TPSA) is 73.7 Å². The molecule has 1 aliphatic rings. The van der Waals surface area contributed by atoms with E-state index < -0.39 is 23.5 Å². The van der Waals surface area contributed by atoms with Gasteiger partial charge in [-0.3, -0.25) is 9.59 Å². The number of hydrogen-bond acceptors (Lipinski definition) is 5. The summed E-state index contributed by atoms with van der Waals surface area (Å²) in [6.45, 7) is 3.92. The third-order valence-corrected chi connectivity index (χ3v) is 6.66. The molecule has 2 heterocycles. The predicted octanol–water partition coefficient (Wildman–Crippen LogP) is 4.73. The second-order valence-corrected chi connectivity index (χ2v) is 9.58. The van der Waals surface area contributed by atoms with Crippen LogP contribution in [0.4, 0.5) is 19.0 Å². The van der Waals surface area contributed by atoms with Crippen molar-refractivity contribution in [1.82, 2.24) is 9.88 Å². The summed E-state index contributed by atoms with van der Waals surface area (Å²) in [4.78, 5) is 32.1. The van der Waals surface area contributed by atoms with Crippen LogP contribution in [0.3, 0.4) is 0 Å². The molecule has 0 spiro atoms. The first-order chi connectivity index (χ1) is 15.3. The molecule has 1 N–H and O–H groups in total. The highest BCUT2D eigenvalue weighted by molar-refractivity contribution is 6.32. The number of anilines is 1. The number of carbonyl (C=O) groups excluding carboxylic acids is 2. The van der Waals surface area contributed by atoms with Crippen molar-refractivity contribution >= 4 is 29.1 Å². The van der Waals surface area contributed by atoms with Crippen molar-refractivity contribution in [2.75, 3.05) is 32.1 Å². The Morgan fingerprint density at radius 3 is 2.30 bits per heavy atom. The number of piperidine rings is 1. The number of pyridine rings is 1. The van der Waals surface area contributed by atoms with Crippen LogP contribution in [0.1, 0.15) is 62.7 Å². The number of aliphatic hydroxyl groups is 1. The maximum Gasteiger partial charge on any atom is 0.424 e. The van der Waals surface area contributed by atoms with Crippen molar-refractivity contribution in [3.63, 3.8) is 0 Å². The number of ketones is 1. The maximum absolute atomic E-state index is 13.2. The van der Waals surface area contributed by atoms with Gasteiger partial charge in [-0.05, 0) is 43.2 Å². The highest BCUT2D eigenvalue weighted by Crippen LogP contribution is 2.38. The summed E-state index contributed by atoms with van der Waals surface area (Å²) in [6, 6.07) is 3.46. The molecular weight excluding hydrogens is 459 g/mol. The lowest BCUT2D eigenvalue weighted by Gasteiger charge is -2.33. The molecular formula is C23H33ClF3N3O3. The first-order valence-electron chi connectivity index (χ1n) is 11.2. The standard InChI is InChI=1S/C23H33ClF3N3O3/c1-15(2)22(33,23(25,26)27)18(31)8-6-5-7-16-11-13-30(14-12-16)19-10-9-17(20(24)28-19)21(32)29(3)4/h9-10,15-16,33H,5-8,11-14H2,1-4H3. The zero-order valence-electron chi connectivity index (χ0n) is 19.6. The molecule has 0 bridgehead atoms. The first kappa shape index (κ1) is 27.4. The Morgan fingerprint density at radius 1 is 1.21 bits per heavy atom. The molecule has 1 saturated heterocycles. The van der Waals surface area contributed by atoms with Gasteiger partial charge in [0.05, 0.1) is 5.56 Å². The molecule has 0 saturated carbocycles. The molecule has 1 unspecified atom stereocenters. The molecule has 1 aliphatic heterocycles. The molecule has 0 aromatic carbocycles. The van der Waals surface area contributed by atoms with Gasteiger partial charge >= 0.3 is 6.18 Å². The summed E-state index contributed by atoms with van der Waals surface area (Å²) in [5.41, 5.74) is -2.93. The molecule has 0 aliphatic carbocycles. The molecule has 2 rings (SSSR count). The summed E-state index contributed by atoms with van der Waals surface area (Å²) in [5, 5.41) is 10.1. The molecule has 1 aromatic heterocycles. The van der Waals surface area contributed by atoms with Crippen LogP contribution in [-0.2, 0) is 4.79 Å². The van der Waals surface area contributed by atoms with Gasteiger partial charge in [0, 0.05) is 33.6 Å². The molecule has 1 amide bonds. The van der Waals surface area contributed by atoms with Gasteiger partial charge in [-0.1, -0.05) is 38.3 Å². The maximum atomic E-state index is 13.2. The minimum atomic E-state index is -4.97. The third kappa shape index (κ3) is 6.38. The van der Waals surface area contributed by atoms with E-state index in [9.17, 15) is 27.9 Å². The van der Waals surface area contributed by atoms with E-state index in [-0.39, 0.29) is 17.5 Å². The van der Waals surface area contributed by atoms with Crippen LogP contribution in [0.15, 0.2) is 12.1 Å². The fourth-order valence-electron chi connectivity index (χ4n) is 4.17. The van der Waals surface area contributed by atoms with E-state index >= 15 is 0 Å². The number of hydrogen-bond donors (Lipinski definition) is 1. The van der Waals surface area contributed by atoms with E-state index in [0.717, 1.165) is 32.4 Å². The number of alkyl halides is 3. The van der Waals surface area contributed by atoms with Crippen LogP contribution < -0.4 is 4.90 Å². The second kappa shape index (κ2) is 11.0. The van der Waals surface area contributed by atoms with Crippen molar-refractivity contribution in [1.29, 1.82) is 0 Å². The van der Waals surface area contributed by atoms with Crippen LogP contribution in [0, 0.1) is 11.8 Å². The number of rotatable bonds is 9. The molecule has 10 heteroatoms. The van der Waals surface area contributed by atoms with Gasteiger partial charge in [-0.25, -0.2) is 4.98 Å². The lowest BCUT2D eigenvalue weighted by Crippen LogP contribution is -2.55. The number of nitrogens with zero attached hydrogens (tertiary/aromatic N) is 3. The highest BCUT2D eigenvalue weighted by Gasteiger charge is 2.60. The van der Waals surface area contributed by atoms with E-state index in [2.05, 4.69) is 9.88 Å². The van der Waals surface area contributed by atoms with Gasteiger partial charge < -0.3 is 14.9 Å². The largest absolute Gasteiger partial charge is 0.424 e. The quantitative estimate of drug-likeness (QED) is 0.399. The second-order valence-electron chi connectivity index (χ2n) is 9.23. The van der Waals surface area contributed by atoms with Crippen molar-refractivity contribution in [2.45, 2.75) is 64.1 Å². The van der Waals surface area contributed by atoms with E-state index in [1.54, 1.807) is 26.2 Å². The van der Waals surface area contributed by atoms with Crippen LogP contribution in [-0.4, -0.2) is 65.6 Å². The van der Waals surface area contributed by atoms with Gasteiger partial charge in [0.1, 0.15) is 11.0 Å². The Labute approximate surface area is 198 Å². The van der Waals surface area contributed by atoms with Gasteiger partial charge in [-0.2, -0.15) is 13.2 Å². The first-order valence-corrected chi connectivity index (χ1v) is 11.6. The predicted molar refractivity (Wildman–Crippen MR) is 122 cm³/mol. The lowest BCUT2D eigenvalue weighted by atomic mass is 9.83.